The molecule has 1 aromatic carbocycles. The van der Waals surface area contributed by atoms with Crippen molar-refractivity contribution in [3.8, 4) is 0 Å². The summed E-state index contributed by atoms with van der Waals surface area (Å²) in [6, 6.07) is 10.1. The van der Waals surface area contributed by atoms with Crippen LogP contribution >= 0.6 is 0 Å². The molecule has 0 aliphatic heterocycles. The van der Waals surface area contributed by atoms with Crippen molar-refractivity contribution < 1.29 is 4.79 Å². The van der Waals surface area contributed by atoms with Gasteiger partial charge in [-0.3, -0.25) is 4.79 Å². The summed E-state index contributed by atoms with van der Waals surface area (Å²) >= 11 is 0. The van der Waals surface area contributed by atoms with E-state index >= 15 is 0 Å². The Kier molecular flexibility index (Phi) is 4.35. The number of rotatable bonds is 4. The Bertz CT molecular complexity index is 308. The van der Waals surface area contributed by atoms with Crippen LogP contribution < -0.4 is 0 Å². The summed E-state index contributed by atoms with van der Waals surface area (Å²) < 4.78 is 0. The summed E-state index contributed by atoms with van der Waals surface area (Å²) in [6.07, 6.45) is 0.901. The van der Waals surface area contributed by atoms with E-state index in [1.54, 1.807) is 4.90 Å². The maximum atomic E-state index is 11.8. The highest BCUT2D eigenvalue weighted by molar-refractivity contribution is 5.78. The minimum Gasteiger partial charge on any atom is -0.341 e. The molecule has 0 radical (unpaired) electrons. The lowest BCUT2D eigenvalue weighted by molar-refractivity contribution is -0.134. The van der Waals surface area contributed by atoms with Crippen molar-refractivity contribution in [3.05, 3.63) is 35.9 Å². The third-order valence-corrected chi connectivity index (χ3v) is 2.67. The standard InChI is InChI=1S/C13H19NO/c1-4-11(2)13(15)14(3)10-12-8-6-5-7-9-12/h5-9,11H,4,10H2,1-3H3. The minimum absolute atomic E-state index is 0.124. The fourth-order valence-corrected chi connectivity index (χ4v) is 1.49. The van der Waals surface area contributed by atoms with Gasteiger partial charge in [-0.1, -0.05) is 44.2 Å². The largest absolute Gasteiger partial charge is 0.341 e. The minimum atomic E-state index is 0.124. The van der Waals surface area contributed by atoms with Crippen LogP contribution in [0, 0.1) is 5.92 Å². The van der Waals surface area contributed by atoms with Gasteiger partial charge in [-0.05, 0) is 12.0 Å². The quantitative estimate of drug-likeness (QED) is 0.740. The van der Waals surface area contributed by atoms with E-state index in [1.807, 2.05) is 51.2 Å². The van der Waals surface area contributed by atoms with E-state index in [4.69, 9.17) is 0 Å². The summed E-state index contributed by atoms with van der Waals surface area (Å²) in [7, 11) is 1.86. The summed E-state index contributed by atoms with van der Waals surface area (Å²) in [6.45, 7) is 4.72. The third-order valence-electron chi connectivity index (χ3n) is 2.67. The Morgan fingerprint density at radius 1 is 1.33 bits per heavy atom. The van der Waals surface area contributed by atoms with Crippen LogP contribution in [-0.4, -0.2) is 17.9 Å². The fourth-order valence-electron chi connectivity index (χ4n) is 1.49. The average molecular weight is 205 g/mol. The molecule has 15 heavy (non-hydrogen) atoms. The van der Waals surface area contributed by atoms with E-state index < -0.39 is 0 Å². The van der Waals surface area contributed by atoms with Gasteiger partial charge < -0.3 is 4.90 Å². The Balaban J connectivity index is 2.56. The molecular weight excluding hydrogens is 186 g/mol. The highest BCUT2D eigenvalue weighted by Crippen LogP contribution is 2.09. The van der Waals surface area contributed by atoms with Crippen molar-refractivity contribution in [1.82, 2.24) is 4.90 Å². The fraction of sp³-hybridized carbons (Fsp3) is 0.462. The van der Waals surface area contributed by atoms with Gasteiger partial charge in [-0.25, -0.2) is 0 Å². The van der Waals surface area contributed by atoms with Crippen molar-refractivity contribution in [3.63, 3.8) is 0 Å². The first-order chi connectivity index (χ1) is 7.15. The predicted octanol–water partition coefficient (Wildman–Crippen LogP) is 2.69. The van der Waals surface area contributed by atoms with E-state index in [0.717, 1.165) is 6.42 Å². The third kappa shape index (κ3) is 3.39. The Morgan fingerprint density at radius 2 is 1.93 bits per heavy atom. The molecule has 2 heteroatoms. The lowest BCUT2D eigenvalue weighted by Gasteiger charge is -2.20. The number of benzene rings is 1. The van der Waals surface area contributed by atoms with Crippen LogP contribution in [0.2, 0.25) is 0 Å². The molecule has 1 unspecified atom stereocenters. The van der Waals surface area contributed by atoms with Crippen LogP contribution in [0.15, 0.2) is 30.3 Å². The van der Waals surface area contributed by atoms with Crippen LogP contribution in [0.1, 0.15) is 25.8 Å². The molecule has 0 bridgehead atoms. The van der Waals surface area contributed by atoms with Crippen LogP contribution in [0.3, 0.4) is 0 Å². The highest BCUT2D eigenvalue weighted by atomic mass is 16.2. The molecule has 1 atom stereocenters. The Labute approximate surface area is 91.9 Å². The van der Waals surface area contributed by atoms with Crippen molar-refractivity contribution in [2.24, 2.45) is 5.92 Å². The summed E-state index contributed by atoms with van der Waals surface area (Å²) in [5.41, 5.74) is 1.18. The van der Waals surface area contributed by atoms with Gasteiger partial charge in [-0.15, -0.1) is 0 Å². The molecule has 0 aromatic heterocycles. The van der Waals surface area contributed by atoms with E-state index in [-0.39, 0.29) is 11.8 Å². The maximum absolute atomic E-state index is 11.8. The molecule has 0 N–H and O–H groups in total. The molecule has 0 heterocycles. The number of hydrogen-bond donors (Lipinski definition) is 0. The molecule has 0 saturated carbocycles. The van der Waals surface area contributed by atoms with Crippen LogP contribution in [0.4, 0.5) is 0 Å². The topological polar surface area (TPSA) is 20.3 Å². The van der Waals surface area contributed by atoms with Gasteiger partial charge in [0.15, 0.2) is 0 Å². The smallest absolute Gasteiger partial charge is 0.225 e. The second-order valence-corrected chi connectivity index (χ2v) is 3.99. The van der Waals surface area contributed by atoms with E-state index in [9.17, 15) is 4.79 Å². The van der Waals surface area contributed by atoms with Gasteiger partial charge in [0, 0.05) is 19.5 Å². The summed E-state index contributed by atoms with van der Waals surface area (Å²) in [5, 5.41) is 0. The number of amides is 1. The Hall–Kier alpha value is -1.31. The first-order valence-corrected chi connectivity index (χ1v) is 5.44. The van der Waals surface area contributed by atoms with Crippen molar-refractivity contribution in [2.45, 2.75) is 26.8 Å². The normalized spacial score (nSPS) is 12.2. The highest BCUT2D eigenvalue weighted by Gasteiger charge is 2.15. The monoisotopic (exact) mass is 205 g/mol. The lowest BCUT2D eigenvalue weighted by atomic mass is 10.1. The number of carbonyl (C=O) groups excluding carboxylic acids is 1. The zero-order chi connectivity index (χ0) is 11.3. The second-order valence-electron chi connectivity index (χ2n) is 3.99. The first kappa shape index (κ1) is 11.8. The molecule has 0 saturated heterocycles. The lowest BCUT2D eigenvalue weighted by Crippen LogP contribution is -2.30. The zero-order valence-corrected chi connectivity index (χ0v) is 9.73. The molecular formula is C13H19NO. The number of carbonyl (C=O) groups is 1. The first-order valence-electron chi connectivity index (χ1n) is 5.44. The van der Waals surface area contributed by atoms with E-state index in [0.29, 0.717) is 6.54 Å². The SMILES string of the molecule is CCC(C)C(=O)N(C)Cc1ccccc1. The van der Waals surface area contributed by atoms with Crippen molar-refractivity contribution in [1.29, 1.82) is 0 Å². The summed E-state index contributed by atoms with van der Waals surface area (Å²) in [4.78, 5) is 13.6. The predicted molar refractivity (Wildman–Crippen MR) is 62.4 cm³/mol. The molecule has 82 valence electrons. The summed E-state index contributed by atoms with van der Waals surface area (Å²) in [5.74, 6) is 0.347. The zero-order valence-electron chi connectivity index (χ0n) is 9.73. The van der Waals surface area contributed by atoms with Gasteiger partial charge in [-0.2, -0.15) is 0 Å². The van der Waals surface area contributed by atoms with Gasteiger partial charge in [0.2, 0.25) is 5.91 Å². The molecule has 0 fully saturated rings. The maximum Gasteiger partial charge on any atom is 0.225 e. The van der Waals surface area contributed by atoms with Gasteiger partial charge in [0.05, 0.1) is 0 Å². The van der Waals surface area contributed by atoms with Gasteiger partial charge >= 0.3 is 0 Å². The van der Waals surface area contributed by atoms with Crippen LogP contribution in [0.5, 0.6) is 0 Å². The van der Waals surface area contributed by atoms with Gasteiger partial charge in [0.25, 0.3) is 0 Å². The van der Waals surface area contributed by atoms with Crippen LogP contribution in [0.25, 0.3) is 0 Å². The average Bonchev–Trinajstić information content (AvgIpc) is 2.28. The molecule has 1 rings (SSSR count). The molecule has 2 nitrogen and oxygen atoms in total. The van der Waals surface area contributed by atoms with Crippen LogP contribution in [-0.2, 0) is 11.3 Å². The van der Waals surface area contributed by atoms with Crippen molar-refractivity contribution in [2.75, 3.05) is 7.05 Å². The molecule has 1 amide bonds. The molecule has 0 spiro atoms. The van der Waals surface area contributed by atoms with Gasteiger partial charge in [0.1, 0.15) is 0 Å². The molecule has 1 aromatic rings. The second kappa shape index (κ2) is 5.54. The van der Waals surface area contributed by atoms with E-state index in [2.05, 4.69) is 0 Å². The number of hydrogen-bond acceptors (Lipinski definition) is 1. The Morgan fingerprint density at radius 3 is 2.47 bits per heavy atom. The number of nitrogens with zero attached hydrogens (tertiary/aromatic N) is 1. The molecule has 0 aliphatic carbocycles. The van der Waals surface area contributed by atoms with E-state index in [1.165, 1.54) is 5.56 Å². The van der Waals surface area contributed by atoms with Crippen molar-refractivity contribution >= 4 is 5.91 Å². The molecule has 0 aliphatic rings.